The lowest BCUT2D eigenvalue weighted by molar-refractivity contribution is -0.116. The van der Waals surface area contributed by atoms with Crippen molar-refractivity contribution in [1.29, 1.82) is 0 Å². The van der Waals surface area contributed by atoms with Crippen LogP contribution >= 0.6 is 11.8 Å². The molecule has 0 atom stereocenters. The third kappa shape index (κ3) is 7.46. The van der Waals surface area contributed by atoms with Gasteiger partial charge in [0, 0.05) is 0 Å². The Morgan fingerprint density at radius 2 is 2.36 bits per heavy atom. The lowest BCUT2D eigenvalue weighted by atomic mass is 10.3. The first-order valence-electron chi connectivity index (χ1n) is 3.64. The van der Waals surface area contributed by atoms with Gasteiger partial charge in [0.2, 0.25) is 5.91 Å². The average molecular weight is 173 g/mol. The molecule has 0 radical (unpaired) electrons. The molecule has 0 aliphatic rings. The first-order chi connectivity index (χ1) is 5.16. The molecule has 0 rings (SSSR count). The molecule has 0 saturated carbocycles. The van der Waals surface area contributed by atoms with Gasteiger partial charge in [-0.2, -0.15) is 0 Å². The van der Waals surface area contributed by atoms with Crippen LogP contribution in [-0.4, -0.2) is 17.5 Å². The molecule has 1 amide bonds. The van der Waals surface area contributed by atoms with Crippen LogP contribution in [0.1, 0.15) is 13.8 Å². The number of rotatable bonds is 5. The summed E-state index contributed by atoms with van der Waals surface area (Å²) in [6, 6.07) is 0. The summed E-state index contributed by atoms with van der Waals surface area (Å²) in [5, 5.41) is 2.69. The smallest absolute Gasteiger partial charge is 0.244 e. The van der Waals surface area contributed by atoms with Gasteiger partial charge in [-0.1, -0.05) is 20.4 Å². The summed E-state index contributed by atoms with van der Waals surface area (Å²) in [6.45, 7) is 7.66. The zero-order valence-electron chi connectivity index (χ0n) is 7.09. The van der Waals surface area contributed by atoms with Crippen molar-refractivity contribution in [3.05, 3.63) is 12.7 Å². The Balaban J connectivity index is 3.14. The van der Waals surface area contributed by atoms with Crippen LogP contribution in [0.15, 0.2) is 12.7 Å². The van der Waals surface area contributed by atoms with Gasteiger partial charge in [0.1, 0.15) is 0 Å². The van der Waals surface area contributed by atoms with Crippen molar-refractivity contribution >= 4 is 17.7 Å². The minimum atomic E-state index is -0.0961. The van der Waals surface area contributed by atoms with Gasteiger partial charge in [-0.05, 0) is 17.7 Å². The topological polar surface area (TPSA) is 29.1 Å². The Bertz CT molecular complexity index is 134. The lowest BCUT2D eigenvalue weighted by Gasteiger charge is -2.04. The van der Waals surface area contributed by atoms with Gasteiger partial charge in [0.15, 0.2) is 0 Å². The number of hydrogen-bond acceptors (Lipinski definition) is 2. The van der Waals surface area contributed by atoms with Crippen LogP contribution in [0.4, 0.5) is 0 Å². The summed E-state index contributed by atoms with van der Waals surface area (Å²) in [7, 11) is 0. The molecule has 0 saturated heterocycles. The monoisotopic (exact) mass is 173 g/mol. The Morgan fingerprint density at radius 3 is 2.82 bits per heavy atom. The molecule has 0 spiro atoms. The second-order valence-electron chi connectivity index (χ2n) is 2.65. The predicted molar refractivity (Wildman–Crippen MR) is 50.5 cm³/mol. The molecule has 0 heterocycles. The molecular weight excluding hydrogens is 158 g/mol. The van der Waals surface area contributed by atoms with Gasteiger partial charge >= 0.3 is 0 Å². The molecule has 1 N–H and O–H groups in total. The molecule has 0 aromatic rings. The van der Waals surface area contributed by atoms with E-state index in [9.17, 15) is 4.79 Å². The summed E-state index contributed by atoms with van der Waals surface area (Å²) in [4.78, 5) is 10.6. The second kappa shape index (κ2) is 6.28. The summed E-state index contributed by atoms with van der Waals surface area (Å²) < 4.78 is 0. The van der Waals surface area contributed by atoms with Gasteiger partial charge in [0.05, 0.1) is 5.88 Å². The van der Waals surface area contributed by atoms with E-state index >= 15 is 0 Å². The minimum absolute atomic E-state index is 0.0961. The van der Waals surface area contributed by atoms with Crippen molar-refractivity contribution in [3.63, 3.8) is 0 Å². The fourth-order valence-corrected chi connectivity index (χ4v) is 1.32. The number of thioether (sulfide) groups is 1. The number of carbonyl (C=O) groups is 1. The van der Waals surface area contributed by atoms with Crippen molar-refractivity contribution in [3.8, 4) is 0 Å². The standard InChI is InChI=1S/C8H15NOS/c1-4-8(10)9-6-11-5-7(2)3/h4,7H,1,5-6H2,2-3H3,(H,9,10). The Kier molecular flexibility index (Phi) is 6.03. The van der Waals surface area contributed by atoms with E-state index in [-0.39, 0.29) is 5.91 Å². The number of amides is 1. The minimum Gasteiger partial charge on any atom is -0.344 e. The predicted octanol–water partition coefficient (Wildman–Crippen LogP) is 1.64. The molecular formula is C8H15NOS. The zero-order chi connectivity index (χ0) is 8.69. The van der Waals surface area contributed by atoms with E-state index in [0.29, 0.717) is 11.8 Å². The maximum Gasteiger partial charge on any atom is 0.244 e. The van der Waals surface area contributed by atoms with Crippen LogP contribution in [-0.2, 0) is 4.79 Å². The molecule has 2 nitrogen and oxygen atoms in total. The number of nitrogens with one attached hydrogen (secondary N) is 1. The molecule has 0 aliphatic heterocycles. The molecule has 64 valence electrons. The Hall–Kier alpha value is -0.440. The molecule has 11 heavy (non-hydrogen) atoms. The highest BCUT2D eigenvalue weighted by atomic mass is 32.2. The van der Waals surface area contributed by atoms with Crippen molar-refractivity contribution < 1.29 is 4.79 Å². The molecule has 0 fully saturated rings. The molecule has 0 aliphatic carbocycles. The van der Waals surface area contributed by atoms with Gasteiger partial charge in [-0.15, -0.1) is 11.8 Å². The summed E-state index contributed by atoms with van der Waals surface area (Å²) >= 11 is 1.73. The molecule has 0 unspecified atom stereocenters. The number of carbonyl (C=O) groups excluding carboxylic acids is 1. The number of hydrogen-bond donors (Lipinski definition) is 1. The van der Waals surface area contributed by atoms with Crippen molar-refractivity contribution in [2.75, 3.05) is 11.6 Å². The van der Waals surface area contributed by atoms with Crippen LogP contribution in [0.2, 0.25) is 0 Å². The summed E-state index contributed by atoms with van der Waals surface area (Å²) in [5.74, 6) is 2.35. The van der Waals surface area contributed by atoms with Crippen LogP contribution < -0.4 is 5.32 Å². The lowest BCUT2D eigenvalue weighted by Crippen LogP contribution is -2.20. The third-order valence-electron chi connectivity index (χ3n) is 0.985. The summed E-state index contributed by atoms with van der Waals surface area (Å²) in [6.07, 6.45) is 1.29. The first kappa shape index (κ1) is 10.6. The van der Waals surface area contributed by atoms with Gasteiger partial charge in [-0.25, -0.2) is 0 Å². The second-order valence-corrected chi connectivity index (χ2v) is 3.68. The van der Waals surface area contributed by atoms with Crippen LogP contribution in [0.5, 0.6) is 0 Å². The molecule has 0 aromatic heterocycles. The Labute approximate surface area is 72.4 Å². The van der Waals surface area contributed by atoms with E-state index < -0.39 is 0 Å². The van der Waals surface area contributed by atoms with E-state index in [1.807, 2.05) is 0 Å². The molecule has 3 heteroatoms. The average Bonchev–Trinajstić information content (AvgIpc) is 1.97. The third-order valence-corrected chi connectivity index (χ3v) is 2.24. The quantitative estimate of drug-likeness (QED) is 0.389. The van der Waals surface area contributed by atoms with Gasteiger partial charge in [0.25, 0.3) is 0 Å². The van der Waals surface area contributed by atoms with Crippen molar-refractivity contribution in [1.82, 2.24) is 5.32 Å². The van der Waals surface area contributed by atoms with E-state index in [2.05, 4.69) is 25.7 Å². The van der Waals surface area contributed by atoms with Crippen LogP contribution in [0.25, 0.3) is 0 Å². The van der Waals surface area contributed by atoms with E-state index in [0.717, 1.165) is 5.75 Å². The fourth-order valence-electron chi connectivity index (χ4n) is 0.489. The molecule has 0 bridgehead atoms. The largest absolute Gasteiger partial charge is 0.344 e. The highest BCUT2D eigenvalue weighted by Gasteiger charge is 1.95. The van der Waals surface area contributed by atoms with Crippen molar-refractivity contribution in [2.45, 2.75) is 13.8 Å². The Morgan fingerprint density at radius 1 is 1.73 bits per heavy atom. The first-order valence-corrected chi connectivity index (χ1v) is 4.80. The molecule has 0 aromatic carbocycles. The van der Waals surface area contributed by atoms with E-state index in [1.54, 1.807) is 11.8 Å². The van der Waals surface area contributed by atoms with E-state index in [4.69, 9.17) is 0 Å². The van der Waals surface area contributed by atoms with E-state index in [1.165, 1.54) is 6.08 Å². The van der Waals surface area contributed by atoms with Crippen LogP contribution in [0.3, 0.4) is 0 Å². The van der Waals surface area contributed by atoms with Crippen LogP contribution in [0, 0.1) is 5.92 Å². The van der Waals surface area contributed by atoms with Crippen molar-refractivity contribution in [2.24, 2.45) is 5.92 Å². The maximum absolute atomic E-state index is 10.6. The van der Waals surface area contributed by atoms with Gasteiger partial charge < -0.3 is 5.32 Å². The normalized spacial score (nSPS) is 9.73. The maximum atomic E-state index is 10.6. The van der Waals surface area contributed by atoms with Gasteiger partial charge in [-0.3, -0.25) is 4.79 Å². The fraction of sp³-hybridized carbons (Fsp3) is 0.625. The highest BCUT2D eigenvalue weighted by molar-refractivity contribution is 7.99. The highest BCUT2D eigenvalue weighted by Crippen LogP contribution is 2.04. The summed E-state index contributed by atoms with van der Waals surface area (Å²) in [5.41, 5.74) is 0. The zero-order valence-corrected chi connectivity index (χ0v) is 7.91. The SMILES string of the molecule is C=CC(=O)NCSCC(C)C.